The van der Waals surface area contributed by atoms with Crippen LogP contribution in [0.15, 0.2) is 12.5 Å². The van der Waals surface area contributed by atoms with Gasteiger partial charge >= 0.3 is 0 Å². The van der Waals surface area contributed by atoms with E-state index in [9.17, 15) is 4.79 Å². The third-order valence-corrected chi connectivity index (χ3v) is 3.90. The van der Waals surface area contributed by atoms with Gasteiger partial charge in [-0.3, -0.25) is 4.79 Å². The van der Waals surface area contributed by atoms with Gasteiger partial charge in [-0.05, 0) is 18.6 Å². The van der Waals surface area contributed by atoms with Crippen LogP contribution in [-0.4, -0.2) is 28.2 Å². The van der Waals surface area contributed by atoms with E-state index >= 15 is 0 Å². The number of hydrogen-bond donors (Lipinski definition) is 3. The summed E-state index contributed by atoms with van der Waals surface area (Å²) in [5, 5.41) is 2.95. The third-order valence-electron chi connectivity index (χ3n) is 3.58. The first-order valence-corrected chi connectivity index (χ1v) is 8.81. The Labute approximate surface area is 133 Å². The summed E-state index contributed by atoms with van der Waals surface area (Å²) in [6.45, 7) is 0.687. The molecule has 0 aromatic carbocycles. The zero-order chi connectivity index (χ0) is 15.2. The zero-order valence-corrected chi connectivity index (χ0v) is 13.8. The second kappa shape index (κ2) is 12.7. The van der Waals surface area contributed by atoms with Crippen LogP contribution in [0.4, 0.5) is 0 Å². The Kier molecular flexibility index (Phi) is 11.0. The van der Waals surface area contributed by atoms with E-state index in [1.807, 2.05) is 0 Å². The number of amides is 1. The summed E-state index contributed by atoms with van der Waals surface area (Å²) in [6.07, 6.45) is 14.9. The Morgan fingerprint density at radius 1 is 1.10 bits per heavy atom. The maximum absolute atomic E-state index is 11.6. The second-order valence-corrected chi connectivity index (χ2v) is 5.93. The van der Waals surface area contributed by atoms with E-state index in [-0.39, 0.29) is 5.91 Å². The molecule has 1 aromatic rings. The first kappa shape index (κ1) is 18.1. The first-order valence-electron chi connectivity index (χ1n) is 8.17. The molecule has 0 unspecified atom stereocenters. The highest BCUT2D eigenvalue weighted by atomic mass is 32.1. The summed E-state index contributed by atoms with van der Waals surface area (Å²) in [7, 11) is 0. The molecule has 0 aliphatic rings. The SMILES string of the molecule is O=C(CCCCCCCCCCS)NCCc1cnc[nH]1. The number of aromatic amines is 1. The Balaban J connectivity index is 1.83. The Hall–Kier alpha value is -0.970. The molecule has 0 atom stereocenters. The highest BCUT2D eigenvalue weighted by Gasteiger charge is 2.01. The molecule has 4 nitrogen and oxygen atoms in total. The van der Waals surface area contributed by atoms with E-state index in [2.05, 4.69) is 27.9 Å². The minimum Gasteiger partial charge on any atom is -0.356 e. The molecule has 1 rings (SSSR count). The number of nitrogens with zero attached hydrogens (tertiary/aromatic N) is 1. The van der Waals surface area contributed by atoms with E-state index in [0.717, 1.165) is 24.3 Å². The number of carbonyl (C=O) groups excluding carboxylic acids is 1. The summed E-state index contributed by atoms with van der Waals surface area (Å²) in [4.78, 5) is 18.6. The van der Waals surface area contributed by atoms with Crippen LogP contribution in [0.2, 0.25) is 0 Å². The van der Waals surface area contributed by atoms with Gasteiger partial charge < -0.3 is 10.3 Å². The molecule has 0 saturated heterocycles. The molecule has 21 heavy (non-hydrogen) atoms. The quantitative estimate of drug-likeness (QED) is 0.386. The number of unbranched alkanes of at least 4 members (excludes halogenated alkanes) is 7. The molecule has 0 aliphatic heterocycles. The molecule has 5 heteroatoms. The number of imidazole rings is 1. The Morgan fingerprint density at radius 3 is 2.38 bits per heavy atom. The predicted octanol–water partition coefficient (Wildman–Crippen LogP) is 3.51. The second-order valence-electron chi connectivity index (χ2n) is 5.48. The van der Waals surface area contributed by atoms with E-state index in [0.29, 0.717) is 13.0 Å². The van der Waals surface area contributed by atoms with Crippen LogP contribution < -0.4 is 5.32 Å². The van der Waals surface area contributed by atoms with Crippen molar-refractivity contribution in [1.29, 1.82) is 0 Å². The lowest BCUT2D eigenvalue weighted by atomic mass is 10.1. The van der Waals surface area contributed by atoms with Crippen LogP contribution in [0, 0.1) is 0 Å². The highest BCUT2D eigenvalue weighted by molar-refractivity contribution is 7.80. The van der Waals surface area contributed by atoms with Crippen LogP contribution in [-0.2, 0) is 11.2 Å². The predicted molar refractivity (Wildman–Crippen MR) is 90.7 cm³/mol. The maximum Gasteiger partial charge on any atom is 0.220 e. The molecular formula is C16H29N3OS. The van der Waals surface area contributed by atoms with Gasteiger partial charge in [0.2, 0.25) is 5.91 Å². The van der Waals surface area contributed by atoms with Crippen molar-refractivity contribution in [3.05, 3.63) is 18.2 Å². The summed E-state index contributed by atoms with van der Waals surface area (Å²) < 4.78 is 0. The minimum absolute atomic E-state index is 0.170. The number of thiol groups is 1. The number of hydrogen-bond acceptors (Lipinski definition) is 3. The Bertz CT molecular complexity index is 354. The lowest BCUT2D eigenvalue weighted by Crippen LogP contribution is -2.25. The molecule has 2 N–H and O–H groups in total. The van der Waals surface area contributed by atoms with Crippen molar-refractivity contribution in [3.63, 3.8) is 0 Å². The van der Waals surface area contributed by atoms with E-state index in [1.54, 1.807) is 12.5 Å². The van der Waals surface area contributed by atoms with Crippen LogP contribution in [0.1, 0.15) is 63.5 Å². The molecule has 0 saturated carbocycles. The van der Waals surface area contributed by atoms with Gasteiger partial charge in [-0.15, -0.1) is 0 Å². The fourth-order valence-corrected chi connectivity index (χ4v) is 2.53. The zero-order valence-electron chi connectivity index (χ0n) is 12.9. The van der Waals surface area contributed by atoms with Gasteiger partial charge in [0.15, 0.2) is 0 Å². The molecule has 120 valence electrons. The summed E-state index contributed by atoms with van der Waals surface area (Å²) >= 11 is 4.21. The molecule has 0 radical (unpaired) electrons. The van der Waals surface area contributed by atoms with Crippen molar-refractivity contribution in [2.24, 2.45) is 0 Å². The van der Waals surface area contributed by atoms with Crippen molar-refractivity contribution in [2.45, 2.75) is 64.2 Å². The normalized spacial score (nSPS) is 10.7. The average Bonchev–Trinajstić information content (AvgIpc) is 2.99. The summed E-state index contributed by atoms with van der Waals surface area (Å²) in [6, 6.07) is 0. The highest BCUT2D eigenvalue weighted by Crippen LogP contribution is 2.09. The summed E-state index contributed by atoms with van der Waals surface area (Å²) in [5.74, 6) is 1.18. The van der Waals surface area contributed by atoms with Gasteiger partial charge in [0.05, 0.1) is 6.33 Å². The molecule has 0 bridgehead atoms. The standard InChI is InChI=1S/C16H29N3OS/c20-16(18-11-10-15-13-17-14-19-15)9-7-5-3-1-2-4-6-8-12-21/h13-14,21H,1-12H2,(H,17,19)(H,18,20). The molecule has 0 spiro atoms. The van der Waals surface area contributed by atoms with E-state index in [1.165, 1.54) is 44.9 Å². The lowest BCUT2D eigenvalue weighted by Gasteiger charge is -2.04. The third kappa shape index (κ3) is 10.4. The molecular weight excluding hydrogens is 282 g/mol. The van der Waals surface area contributed by atoms with Gasteiger partial charge in [0.25, 0.3) is 0 Å². The van der Waals surface area contributed by atoms with Gasteiger partial charge in [-0.1, -0.05) is 38.5 Å². The van der Waals surface area contributed by atoms with E-state index < -0.39 is 0 Å². The van der Waals surface area contributed by atoms with Crippen molar-refractivity contribution in [2.75, 3.05) is 12.3 Å². The van der Waals surface area contributed by atoms with Crippen LogP contribution in [0.5, 0.6) is 0 Å². The fourth-order valence-electron chi connectivity index (χ4n) is 2.30. The van der Waals surface area contributed by atoms with E-state index in [4.69, 9.17) is 0 Å². The largest absolute Gasteiger partial charge is 0.356 e. The molecule has 1 amide bonds. The summed E-state index contributed by atoms with van der Waals surface area (Å²) in [5.41, 5.74) is 1.06. The fraction of sp³-hybridized carbons (Fsp3) is 0.750. The monoisotopic (exact) mass is 311 g/mol. The van der Waals surface area contributed by atoms with Gasteiger partial charge in [-0.2, -0.15) is 12.6 Å². The van der Waals surface area contributed by atoms with Gasteiger partial charge in [-0.25, -0.2) is 4.98 Å². The number of nitrogens with one attached hydrogen (secondary N) is 2. The maximum atomic E-state index is 11.6. The smallest absolute Gasteiger partial charge is 0.220 e. The number of rotatable bonds is 13. The lowest BCUT2D eigenvalue weighted by molar-refractivity contribution is -0.121. The number of aromatic nitrogens is 2. The van der Waals surface area contributed by atoms with Crippen LogP contribution in [0.25, 0.3) is 0 Å². The first-order chi connectivity index (χ1) is 10.3. The average molecular weight is 311 g/mol. The molecule has 1 aromatic heterocycles. The topological polar surface area (TPSA) is 57.8 Å². The van der Waals surface area contributed by atoms with Gasteiger partial charge in [0.1, 0.15) is 0 Å². The minimum atomic E-state index is 0.170. The van der Waals surface area contributed by atoms with Crippen molar-refractivity contribution < 1.29 is 4.79 Å². The number of H-pyrrole nitrogens is 1. The van der Waals surface area contributed by atoms with Gasteiger partial charge in [0, 0.05) is 31.3 Å². The molecule has 1 heterocycles. The van der Waals surface area contributed by atoms with Crippen molar-refractivity contribution >= 4 is 18.5 Å². The van der Waals surface area contributed by atoms with Crippen LogP contribution >= 0.6 is 12.6 Å². The number of carbonyl (C=O) groups is 1. The van der Waals surface area contributed by atoms with Crippen LogP contribution in [0.3, 0.4) is 0 Å². The molecule has 0 aliphatic carbocycles. The van der Waals surface area contributed by atoms with Crippen molar-refractivity contribution in [1.82, 2.24) is 15.3 Å². The van der Waals surface area contributed by atoms with Crippen molar-refractivity contribution in [3.8, 4) is 0 Å². The Morgan fingerprint density at radius 2 is 1.76 bits per heavy atom. The molecule has 0 fully saturated rings.